The van der Waals surface area contributed by atoms with Crippen LogP contribution in [0.4, 0.5) is 0 Å². The molecule has 1 aromatic rings. The molecular weight excluding hydrogens is 414 g/mol. The predicted octanol–water partition coefficient (Wildman–Crippen LogP) is 8.73. The zero-order valence-corrected chi connectivity index (χ0v) is 21.5. The number of thiocarbonyl (C=S) groups is 1. The number of phenols is 1. The van der Waals surface area contributed by atoms with Crippen molar-refractivity contribution in [1.82, 2.24) is 5.32 Å². The lowest BCUT2D eigenvalue weighted by Gasteiger charge is -2.08. The Morgan fingerprint density at radius 3 is 1.81 bits per heavy atom. The van der Waals surface area contributed by atoms with Crippen LogP contribution in [0.2, 0.25) is 0 Å². The minimum atomic E-state index is 0.275. The van der Waals surface area contributed by atoms with Crippen LogP contribution in [0.3, 0.4) is 0 Å². The molecule has 0 fully saturated rings. The van der Waals surface area contributed by atoms with Gasteiger partial charge in [0.2, 0.25) is 0 Å². The second kappa shape index (κ2) is 21.6. The number of aromatic hydroxyl groups is 1. The van der Waals surface area contributed by atoms with Crippen molar-refractivity contribution in [3.05, 3.63) is 24.3 Å². The topological polar surface area (TPSA) is 41.5 Å². The molecule has 0 bridgehead atoms. The highest BCUT2D eigenvalue weighted by Crippen LogP contribution is 2.16. The molecule has 0 spiro atoms. The van der Waals surface area contributed by atoms with Gasteiger partial charge in [-0.3, -0.25) is 0 Å². The fraction of sp³-hybridized carbons (Fsp3) is 0.750. The van der Waals surface area contributed by atoms with E-state index in [-0.39, 0.29) is 5.75 Å². The van der Waals surface area contributed by atoms with Crippen molar-refractivity contribution in [2.24, 2.45) is 0 Å². The zero-order chi connectivity index (χ0) is 23.1. The Kier molecular flexibility index (Phi) is 19.4. The number of phenolic OH excluding ortho intramolecular Hbond substituents is 1. The molecule has 2 N–H and O–H groups in total. The number of benzene rings is 1. The van der Waals surface area contributed by atoms with Gasteiger partial charge < -0.3 is 15.2 Å². The molecule has 1 rings (SSSR count). The van der Waals surface area contributed by atoms with E-state index in [0.29, 0.717) is 0 Å². The number of ether oxygens (including phenoxy) is 1. The summed E-state index contributed by atoms with van der Waals surface area (Å²) in [5.74, 6) is 1.10. The van der Waals surface area contributed by atoms with Crippen LogP contribution in [0.25, 0.3) is 0 Å². The molecule has 0 aliphatic carbocycles. The molecule has 0 saturated carbocycles. The SMILES string of the molecule is CCCCCCCCCCCCCCCC(=S)NCCCCCCOc1ccc(O)cc1. The van der Waals surface area contributed by atoms with Gasteiger partial charge in [-0.1, -0.05) is 109 Å². The maximum absolute atomic E-state index is 9.26. The van der Waals surface area contributed by atoms with Crippen LogP contribution >= 0.6 is 12.2 Å². The monoisotopic (exact) mass is 463 g/mol. The molecule has 0 saturated heterocycles. The molecule has 3 nitrogen and oxygen atoms in total. The molecule has 0 aromatic heterocycles. The molecular formula is C28H49NO2S. The molecule has 0 amide bonds. The van der Waals surface area contributed by atoms with Gasteiger partial charge in [-0.2, -0.15) is 0 Å². The number of unbranched alkanes of at least 4 members (excludes halogenated alkanes) is 15. The number of hydrogen-bond acceptors (Lipinski definition) is 3. The summed E-state index contributed by atoms with van der Waals surface area (Å²) >= 11 is 5.47. The molecule has 0 aliphatic rings. The van der Waals surface area contributed by atoms with Crippen molar-refractivity contribution in [1.29, 1.82) is 0 Å². The van der Waals surface area contributed by atoms with Crippen molar-refractivity contribution in [3.63, 3.8) is 0 Å². The average molecular weight is 464 g/mol. The summed E-state index contributed by atoms with van der Waals surface area (Å²) in [4.78, 5) is 1.05. The second-order valence-electron chi connectivity index (χ2n) is 9.10. The lowest BCUT2D eigenvalue weighted by atomic mass is 10.0. The smallest absolute Gasteiger partial charge is 0.119 e. The van der Waals surface area contributed by atoms with Gasteiger partial charge in [0.1, 0.15) is 11.5 Å². The van der Waals surface area contributed by atoms with Gasteiger partial charge in [0, 0.05) is 6.54 Å². The highest BCUT2D eigenvalue weighted by molar-refractivity contribution is 7.80. The van der Waals surface area contributed by atoms with Crippen molar-refractivity contribution >= 4 is 17.2 Å². The largest absolute Gasteiger partial charge is 0.508 e. The van der Waals surface area contributed by atoms with Crippen molar-refractivity contribution < 1.29 is 9.84 Å². The molecule has 1 aromatic carbocycles. The molecule has 32 heavy (non-hydrogen) atoms. The maximum atomic E-state index is 9.26. The number of hydrogen-bond donors (Lipinski definition) is 2. The summed E-state index contributed by atoms with van der Waals surface area (Å²) in [7, 11) is 0. The minimum absolute atomic E-state index is 0.275. The van der Waals surface area contributed by atoms with Crippen LogP contribution in [-0.4, -0.2) is 23.2 Å². The summed E-state index contributed by atoms with van der Waals surface area (Å²) in [5, 5.41) is 12.7. The summed E-state index contributed by atoms with van der Waals surface area (Å²) in [6, 6.07) is 6.92. The maximum Gasteiger partial charge on any atom is 0.119 e. The lowest BCUT2D eigenvalue weighted by Crippen LogP contribution is -2.22. The Morgan fingerprint density at radius 2 is 1.22 bits per heavy atom. The average Bonchev–Trinajstić information content (AvgIpc) is 2.80. The Bertz CT molecular complexity index is 547. The summed E-state index contributed by atoms with van der Waals surface area (Å²) < 4.78 is 5.67. The van der Waals surface area contributed by atoms with Gasteiger partial charge in [-0.25, -0.2) is 0 Å². The van der Waals surface area contributed by atoms with E-state index in [1.165, 1.54) is 96.3 Å². The van der Waals surface area contributed by atoms with E-state index in [1.54, 1.807) is 24.3 Å². The van der Waals surface area contributed by atoms with Crippen LogP contribution in [0, 0.1) is 0 Å². The Morgan fingerprint density at radius 1 is 0.719 bits per heavy atom. The van der Waals surface area contributed by atoms with Gasteiger partial charge >= 0.3 is 0 Å². The van der Waals surface area contributed by atoms with Crippen LogP contribution in [0.15, 0.2) is 24.3 Å². The van der Waals surface area contributed by atoms with Gasteiger partial charge in [0.15, 0.2) is 0 Å². The van der Waals surface area contributed by atoms with Gasteiger partial charge in [-0.15, -0.1) is 0 Å². The fourth-order valence-electron chi connectivity index (χ4n) is 3.93. The zero-order valence-electron chi connectivity index (χ0n) is 20.7. The first-order chi connectivity index (χ1) is 15.7. The third-order valence-corrected chi connectivity index (χ3v) is 6.35. The van der Waals surface area contributed by atoms with E-state index in [0.717, 1.165) is 43.2 Å². The minimum Gasteiger partial charge on any atom is -0.508 e. The second-order valence-corrected chi connectivity index (χ2v) is 9.59. The van der Waals surface area contributed by atoms with Crippen LogP contribution in [-0.2, 0) is 0 Å². The van der Waals surface area contributed by atoms with E-state index >= 15 is 0 Å². The van der Waals surface area contributed by atoms with Crippen LogP contribution in [0.1, 0.15) is 122 Å². The van der Waals surface area contributed by atoms with E-state index < -0.39 is 0 Å². The molecule has 0 heterocycles. The third-order valence-electron chi connectivity index (χ3n) is 6.01. The Hall–Kier alpha value is -1.29. The van der Waals surface area contributed by atoms with E-state index in [1.807, 2.05) is 0 Å². The highest BCUT2D eigenvalue weighted by Gasteiger charge is 1.99. The molecule has 0 aliphatic heterocycles. The van der Waals surface area contributed by atoms with Crippen molar-refractivity contribution in [3.8, 4) is 11.5 Å². The molecule has 184 valence electrons. The molecule has 0 atom stereocenters. The Labute approximate surface area is 203 Å². The van der Waals surface area contributed by atoms with E-state index in [2.05, 4.69) is 12.2 Å². The van der Waals surface area contributed by atoms with Crippen LogP contribution in [0.5, 0.6) is 11.5 Å². The van der Waals surface area contributed by atoms with Crippen molar-refractivity contribution in [2.45, 2.75) is 122 Å². The van der Waals surface area contributed by atoms with E-state index in [4.69, 9.17) is 17.0 Å². The first kappa shape index (κ1) is 28.7. The quantitative estimate of drug-likeness (QED) is 0.133. The van der Waals surface area contributed by atoms with Crippen LogP contribution < -0.4 is 10.1 Å². The number of rotatable bonds is 22. The summed E-state index contributed by atoms with van der Waals surface area (Å²) in [5.41, 5.74) is 0. The first-order valence-corrected chi connectivity index (χ1v) is 13.8. The van der Waals surface area contributed by atoms with Gasteiger partial charge in [0.25, 0.3) is 0 Å². The molecule has 0 radical (unpaired) electrons. The standard InChI is InChI=1S/C28H49NO2S/c1-2-3-4-5-6-7-8-9-10-11-12-13-16-19-28(32)29-24-17-14-15-18-25-31-27-22-20-26(30)21-23-27/h20-23,30H,2-19,24-25H2,1H3,(H,29,32). The summed E-state index contributed by atoms with van der Waals surface area (Å²) in [6.07, 6.45) is 23.8. The molecule has 0 unspecified atom stereocenters. The fourth-order valence-corrected chi connectivity index (χ4v) is 4.18. The third kappa shape index (κ3) is 18.3. The molecule has 4 heteroatoms. The Balaban J connectivity index is 1.76. The van der Waals surface area contributed by atoms with Gasteiger partial charge in [0.05, 0.1) is 11.6 Å². The predicted molar refractivity (Wildman–Crippen MR) is 143 cm³/mol. The van der Waals surface area contributed by atoms with E-state index in [9.17, 15) is 5.11 Å². The van der Waals surface area contributed by atoms with Crippen molar-refractivity contribution in [2.75, 3.05) is 13.2 Å². The number of nitrogens with one attached hydrogen (secondary N) is 1. The van der Waals surface area contributed by atoms with Gasteiger partial charge in [-0.05, 0) is 49.9 Å². The first-order valence-electron chi connectivity index (χ1n) is 13.4. The highest BCUT2D eigenvalue weighted by atomic mass is 32.1. The normalized spacial score (nSPS) is 10.9. The lowest BCUT2D eigenvalue weighted by molar-refractivity contribution is 0.304. The summed E-state index contributed by atoms with van der Waals surface area (Å²) in [6.45, 7) is 4.01.